The van der Waals surface area contributed by atoms with Gasteiger partial charge in [0.05, 0.1) is 12.5 Å². The molecule has 1 aliphatic rings. The first kappa shape index (κ1) is 17.5. The van der Waals surface area contributed by atoms with Gasteiger partial charge in [0.25, 0.3) is 0 Å². The normalized spacial score (nSPS) is 18.0. The lowest BCUT2D eigenvalue weighted by Gasteiger charge is -2.31. The Hall–Kier alpha value is -1.88. The van der Waals surface area contributed by atoms with E-state index in [1.807, 2.05) is 18.2 Å². The molecule has 1 aromatic carbocycles. The van der Waals surface area contributed by atoms with E-state index in [4.69, 9.17) is 4.74 Å². The average molecular weight is 318 g/mol. The van der Waals surface area contributed by atoms with Crippen LogP contribution in [0.3, 0.4) is 0 Å². The number of likely N-dealkylation sites (tertiary alicyclic amines) is 1. The summed E-state index contributed by atoms with van der Waals surface area (Å²) in [6, 6.07) is 10.3. The van der Waals surface area contributed by atoms with Crippen molar-refractivity contribution in [3.63, 3.8) is 0 Å². The molecule has 2 amide bonds. The van der Waals surface area contributed by atoms with Crippen LogP contribution in [0.25, 0.3) is 0 Å². The van der Waals surface area contributed by atoms with Crippen LogP contribution >= 0.6 is 0 Å². The molecule has 1 N–H and O–H groups in total. The highest BCUT2D eigenvalue weighted by Crippen LogP contribution is 2.17. The minimum absolute atomic E-state index is 0.0629. The number of piperidine rings is 1. The van der Waals surface area contributed by atoms with Gasteiger partial charge in [-0.1, -0.05) is 30.3 Å². The summed E-state index contributed by atoms with van der Waals surface area (Å²) in [7, 11) is 1.62. The van der Waals surface area contributed by atoms with Crippen molar-refractivity contribution in [2.45, 2.75) is 25.7 Å². The fraction of sp³-hybridized carbons (Fsp3) is 0.556. The summed E-state index contributed by atoms with van der Waals surface area (Å²) in [5.41, 5.74) is 1.29. The number of aryl methyl sites for hydroxylation is 1. The standard InChI is InChI=1S/C18H26N2O3/c1-23-13-12-20-14-16(9-10-17(20)21)18(22)19-11-5-8-15-6-3-2-4-7-15/h2-4,6-7,16H,5,8-14H2,1H3,(H,19,22)/t16-/m0/s1. The molecule has 5 nitrogen and oxygen atoms in total. The van der Waals surface area contributed by atoms with Gasteiger partial charge < -0.3 is 15.0 Å². The van der Waals surface area contributed by atoms with Crippen molar-refractivity contribution in [3.05, 3.63) is 35.9 Å². The van der Waals surface area contributed by atoms with Crippen molar-refractivity contribution in [3.8, 4) is 0 Å². The van der Waals surface area contributed by atoms with Crippen LogP contribution in [0.15, 0.2) is 30.3 Å². The molecule has 1 atom stereocenters. The Balaban J connectivity index is 1.69. The summed E-state index contributed by atoms with van der Waals surface area (Å²) in [4.78, 5) is 25.8. The van der Waals surface area contributed by atoms with E-state index in [2.05, 4.69) is 17.4 Å². The Morgan fingerprint density at radius 2 is 2.13 bits per heavy atom. The van der Waals surface area contributed by atoms with E-state index >= 15 is 0 Å². The number of hydrogen-bond donors (Lipinski definition) is 1. The van der Waals surface area contributed by atoms with Crippen molar-refractivity contribution in [1.29, 1.82) is 0 Å². The molecule has 0 radical (unpaired) electrons. The van der Waals surface area contributed by atoms with Gasteiger partial charge in [0, 0.05) is 33.2 Å². The molecule has 0 bridgehead atoms. The lowest BCUT2D eigenvalue weighted by molar-refractivity contribution is -0.138. The summed E-state index contributed by atoms with van der Waals surface area (Å²) in [6.07, 6.45) is 2.98. The van der Waals surface area contributed by atoms with Crippen molar-refractivity contribution >= 4 is 11.8 Å². The second kappa shape index (κ2) is 9.30. The van der Waals surface area contributed by atoms with Gasteiger partial charge in [0.1, 0.15) is 0 Å². The van der Waals surface area contributed by atoms with Crippen molar-refractivity contribution in [2.75, 3.05) is 33.4 Å². The van der Waals surface area contributed by atoms with Crippen molar-refractivity contribution < 1.29 is 14.3 Å². The Labute approximate surface area is 138 Å². The topological polar surface area (TPSA) is 58.6 Å². The lowest BCUT2D eigenvalue weighted by atomic mass is 9.96. The van der Waals surface area contributed by atoms with Crippen molar-refractivity contribution in [1.82, 2.24) is 10.2 Å². The number of hydrogen-bond acceptors (Lipinski definition) is 3. The van der Waals surface area contributed by atoms with Gasteiger partial charge in [-0.2, -0.15) is 0 Å². The Morgan fingerprint density at radius 3 is 2.87 bits per heavy atom. The maximum Gasteiger partial charge on any atom is 0.224 e. The minimum Gasteiger partial charge on any atom is -0.383 e. The third kappa shape index (κ3) is 5.67. The van der Waals surface area contributed by atoms with Crippen LogP contribution in [-0.4, -0.2) is 50.1 Å². The number of methoxy groups -OCH3 is 1. The molecular formula is C18H26N2O3. The van der Waals surface area contributed by atoms with E-state index < -0.39 is 0 Å². The number of ether oxygens (including phenoxy) is 1. The molecule has 1 aromatic rings. The monoisotopic (exact) mass is 318 g/mol. The fourth-order valence-electron chi connectivity index (χ4n) is 2.84. The fourth-order valence-corrected chi connectivity index (χ4v) is 2.84. The average Bonchev–Trinajstić information content (AvgIpc) is 2.58. The zero-order valence-electron chi connectivity index (χ0n) is 13.8. The summed E-state index contributed by atoms with van der Waals surface area (Å²) in [6.45, 7) is 2.26. The molecule has 126 valence electrons. The van der Waals surface area contributed by atoms with Crippen LogP contribution in [0.4, 0.5) is 0 Å². The Bertz CT molecular complexity index is 504. The number of rotatable bonds is 8. The summed E-state index contributed by atoms with van der Waals surface area (Å²) < 4.78 is 5.02. The van der Waals surface area contributed by atoms with Crippen LogP contribution in [0, 0.1) is 5.92 Å². The first-order chi connectivity index (χ1) is 11.2. The second-order valence-corrected chi connectivity index (χ2v) is 5.95. The van der Waals surface area contributed by atoms with E-state index in [9.17, 15) is 9.59 Å². The predicted molar refractivity (Wildman–Crippen MR) is 89.0 cm³/mol. The van der Waals surface area contributed by atoms with Gasteiger partial charge in [-0.15, -0.1) is 0 Å². The number of amides is 2. The number of carbonyl (C=O) groups excluding carboxylic acids is 2. The molecule has 0 aromatic heterocycles. The highest BCUT2D eigenvalue weighted by molar-refractivity contribution is 5.83. The van der Waals surface area contributed by atoms with E-state index in [0.29, 0.717) is 39.1 Å². The van der Waals surface area contributed by atoms with Gasteiger partial charge >= 0.3 is 0 Å². The molecule has 23 heavy (non-hydrogen) atoms. The first-order valence-electron chi connectivity index (χ1n) is 8.29. The quantitative estimate of drug-likeness (QED) is 0.741. The summed E-state index contributed by atoms with van der Waals surface area (Å²) in [5.74, 6) is 0.0874. The smallest absolute Gasteiger partial charge is 0.224 e. The molecule has 0 spiro atoms. The zero-order valence-corrected chi connectivity index (χ0v) is 13.8. The number of nitrogens with one attached hydrogen (secondary N) is 1. The largest absolute Gasteiger partial charge is 0.383 e. The predicted octanol–water partition coefficient (Wildman–Crippen LogP) is 1.62. The first-order valence-corrected chi connectivity index (χ1v) is 8.29. The highest BCUT2D eigenvalue weighted by Gasteiger charge is 2.29. The van der Waals surface area contributed by atoms with Crippen LogP contribution in [0.5, 0.6) is 0 Å². The summed E-state index contributed by atoms with van der Waals surface area (Å²) in [5, 5.41) is 3.01. The maximum atomic E-state index is 12.3. The molecular weight excluding hydrogens is 292 g/mol. The highest BCUT2D eigenvalue weighted by atomic mass is 16.5. The third-order valence-corrected chi connectivity index (χ3v) is 4.22. The Kier molecular flexibility index (Phi) is 7.07. The van der Waals surface area contributed by atoms with E-state index in [0.717, 1.165) is 12.8 Å². The SMILES string of the molecule is COCCN1C[C@@H](C(=O)NCCCc2ccccc2)CCC1=O. The molecule has 0 aliphatic carbocycles. The van der Waals surface area contributed by atoms with Gasteiger partial charge in [-0.05, 0) is 24.8 Å². The molecule has 1 aliphatic heterocycles. The van der Waals surface area contributed by atoms with Gasteiger partial charge in [0.2, 0.25) is 11.8 Å². The van der Waals surface area contributed by atoms with Gasteiger partial charge in [0.15, 0.2) is 0 Å². The van der Waals surface area contributed by atoms with E-state index in [-0.39, 0.29) is 17.7 Å². The minimum atomic E-state index is -0.0960. The number of carbonyl (C=O) groups is 2. The third-order valence-electron chi connectivity index (χ3n) is 4.22. The molecule has 1 fully saturated rings. The molecule has 1 heterocycles. The number of nitrogens with zero attached hydrogens (tertiary/aromatic N) is 1. The van der Waals surface area contributed by atoms with Crippen LogP contribution in [-0.2, 0) is 20.7 Å². The Morgan fingerprint density at radius 1 is 1.35 bits per heavy atom. The molecule has 2 rings (SSSR count). The van der Waals surface area contributed by atoms with E-state index in [1.165, 1.54) is 5.56 Å². The van der Waals surface area contributed by atoms with Crippen LogP contribution in [0.2, 0.25) is 0 Å². The number of benzene rings is 1. The molecule has 5 heteroatoms. The van der Waals surface area contributed by atoms with Crippen LogP contribution < -0.4 is 5.32 Å². The zero-order chi connectivity index (χ0) is 16.5. The van der Waals surface area contributed by atoms with Gasteiger partial charge in [-0.25, -0.2) is 0 Å². The lowest BCUT2D eigenvalue weighted by Crippen LogP contribution is -2.46. The van der Waals surface area contributed by atoms with Crippen molar-refractivity contribution in [2.24, 2.45) is 5.92 Å². The molecule has 0 saturated carbocycles. The molecule has 1 saturated heterocycles. The van der Waals surface area contributed by atoms with E-state index in [1.54, 1.807) is 12.0 Å². The van der Waals surface area contributed by atoms with Gasteiger partial charge in [-0.3, -0.25) is 9.59 Å². The van der Waals surface area contributed by atoms with Crippen LogP contribution in [0.1, 0.15) is 24.8 Å². The summed E-state index contributed by atoms with van der Waals surface area (Å²) >= 11 is 0. The maximum absolute atomic E-state index is 12.3. The second-order valence-electron chi connectivity index (χ2n) is 5.95. The molecule has 0 unspecified atom stereocenters.